The number of hydrogen-bond donors (Lipinski definition) is 0. The van der Waals surface area contributed by atoms with Gasteiger partial charge in [-0.2, -0.15) is 13.2 Å². The van der Waals surface area contributed by atoms with Crippen molar-refractivity contribution in [3.8, 4) is 11.3 Å². The van der Waals surface area contributed by atoms with Gasteiger partial charge in [0, 0.05) is 42.9 Å². The summed E-state index contributed by atoms with van der Waals surface area (Å²) < 4.78 is 61.3. The van der Waals surface area contributed by atoms with Crippen LogP contribution in [0.3, 0.4) is 0 Å². The van der Waals surface area contributed by atoms with Gasteiger partial charge in [0.05, 0.1) is 11.3 Å². The summed E-state index contributed by atoms with van der Waals surface area (Å²) in [6.45, 7) is 11.2. The Morgan fingerprint density at radius 1 is 1.11 bits per heavy atom. The minimum Gasteiger partial charge on any atom is -0.444 e. The molecule has 0 N–H and O–H groups in total. The van der Waals surface area contributed by atoms with Crippen molar-refractivity contribution >= 4 is 6.09 Å². The molecule has 1 amide bonds. The van der Waals surface area contributed by atoms with Crippen molar-refractivity contribution in [2.24, 2.45) is 0 Å². The molecule has 1 aromatic carbocycles. The Hall–Kier alpha value is -2.62. The van der Waals surface area contributed by atoms with Gasteiger partial charge >= 0.3 is 12.3 Å². The first-order valence-corrected chi connectivity index (χ1v) is 12.1. The highest BCUT2D eigenvalue weighted by molar-refractivity contribution is 5.68. The lowest BCUT2D eigenvalue weighted by Gasteiger charge is -2.35. The Morgan fingerprint density at radius 2 is 1.72 bits per heavy atom. The molecular formula is C26H36F4N4O2. The van der Waals surface area contributed by atoms with Crippen LogP contribution in [0, 0.1) is 5.82 Å². The maximum atomic E-state index is 13.9. The summed E-state index contributed by atoms with van der Waals surface area (Å²) in [5.41, 5.74) is -1.59. The molecule has 0 spiro atoms. The number of ether oxygens (including phenoxy) is 1. The molecule has 0 radical (unpaired) electrons. The zero-order valence-electron chi connectivity index (χ0n) is 22.0. The van der Waals surface area contributed by atoms with Crippen LogP contribution in [-0.4, -0.2) is 63.8 Å². The second-order valence-electron chi connectivity index (χ2n) is 11.3. The number of amides is 1. The van der Waals surface area contributed by atoms with Gasteiger partial charge in [0.25, 0.3) is 0 Å². The first kappa shape index (κ1) is 28.0. The van der Waals surface area contributed by atoms with Crippen LogP contribution >= 0.6 is 0 Å². The van der Waals surface area contributed by atoms with Crippen molar-refractivity contribution < 1.29 is 27.1 Å². The summed E-state index contributed by atoms with van der Waals surface area (Å²) in [7, 11) is 3.93. The number of aromatic nitrogens is 2. The highest BCUT2D eigenvalue weighted by atomic mass is 19.4. The molecule has 0 unspecified atom stereocenters. The Bertz CT molecular complexity index is 1080. The smallest absolute Gasteiger partial charge is 0.419 e. The third-order valence-electron chi connectivity index (χ3n) is 6.65. The van der Waals surface area contributed by atoms with Crippen molar-refractivity contribution in [1.29, 1.82) is 0 Å². The minimum atomic E-state index is -4.80. The van der Waals surface area contributed by atoms with E-state index in [1.165, 1.54) is 6.07 Å². The van der Waals surface area contributed by atoms with Gasteiger partial charge in [-0.1, -0.05) is 0 Å². The molecule has 36 heavy (non-hydrogen) atoms. The van der Waals surface area contributed by atoms with E-state index in [0.717, 1.165) is 18.0 Å². The maximum absolute atomic E-state index is 13.9. The fourth-order valence-corrected chi connectivity index (χ4v) is 4.13. The molecule has 1 aliphatic rings. The van der Waals surface area contributed by atoms with E-state index < -0.39 is 23.2 Å². The van der Waals surface area contributed by atoms with Crippen LogP contribution in [0.5, 0.6) is 0 Å². The molecule has 2 aromatic rings. The maximum Gasteiger partial charge on any atom is 0.419 e. The average molecular weight is 513 g/mol. The molecule has 0 bridgehead atoms. The van der Waals surface area contributed by atoms with Gasteiger partial charge in [-0.25, -0.2) is 14.2 Å². The SMILES string of the molecule is CN(C)C(C)(C)Cn1cc(-c2ccc(F)c(C(F)(F)F)c2)nc1C1CCN(C(=O)OC(C)(C)C)CC1. The molecule has 1 saturated heterocycles. The third-order valence-corrected chi connectivity index (χ3v) is 6.65. The number of piperidine rings is 1. The molecular weight excluding hydrogens is 476 g/mol. The van der Waals surface area contributed by atoms with Crippen LogP contribution in [0.1, 0.15) is 64.8 Å². The van der Waals surface area contributed by atoms with Gasteiger partial charge in [0.1, 0.15) is 17.2 Å². The number of hydrogen-bond acceptors (Lipinski definition) is 4. The molecule has 1 aliphatic heterocycles. The highest BCUT2D eigenvalue weighted by Crippen LogP contribution is 2.36. The number of carbonyl (C=O) groups excluding carboxylic acids is 1. The number of carbonyl (C=O) groups is 1. The normalized spacial score (nSPS) is 16.1. The van der Waals surface area contributed by atoms with Crippen LogP contribution in [0.25, 0.3) is 11.3 Å². The fourth-order valence-electron chi connectivity index (χ4n) is 4.13. The lowest BCUT2D eigenvalue weighted by molar-refractivity contribution is -0.139. The molecule has 0 saturated carbocycles. The Labute approximate surface area is 210 Å². The Balaban J connectivity index is 1.92. The number of imidazole rings is 1. The number of halogens is 4. The summed E-state index contributed by atoms with van der Waals surface area (Å²) >= 11 is 0. The highest BCUT2D eigenvalue weighted by Gasteiger charge is 2.35. The second kappa shape index (κ2) is 10.0. The standard InChI is InChI=1S/C26H36F4N4O2/c1-24(2,3)36-23(35)33-12-10-17(11-13-33)22-31-21(15-34(22)16-25(4,5)32(6)7)18-8-9-20(27)19(14-18)26(28,29)30/h8-9,14-15,17H,10-13,16H2,1-7H3. The largest absolute Gasteiger partial charge is 0.444 e. The van der Waals surface area contributed by atoms with Gasteiger partial charge in [-0.05, 0) is 79.8 Å². The van der Waals surface area contributed by atoms with Gasteiger partial charge in [-0.15, -0.1) is 0 Å². The lowest BCUT2D eigenvalue weighted by Crippen LogP contribution is -2.43. The zero-order chi connectivity index (χ0) is 27.1. The van der Waals surface area contributed by atoms with Crippen LogP contribution in [0.15, 0.2) is 24.4 Å². The first-order chi connectivity index (χ1) is 16.5. The quantitative estimate of drug-likeness (QED) is 0.450. The molecule has 0 aliphatic carbocycles. The molecule has 0 atom stereocenters. The van der Waals surface area contributed by atoms with E-state index in [-0.39, 0.29) is 23.1 Å². The fraction of sp³-hybridized carbons (Fsp3) is 0.615. The van der Waals surface area contributed by atoms with Crippen molar-refractivity contribution in [3.63, 3.8) is 0 Å². The van der Waals surface area contributed by atoms with E-state index in [0.29, 0.717) is 38.2 Å². The van der Waals surface area contributed by atoms with E-state index in [1.54, 1.807) is 11.1 Å². The van der Waals surface area contributed by atoms with E-state index in [4.69, 9.17) is 9.72 Å². The first-order valence-electron chi connectivity index (χ1n) is 12.1. The van der Waals surface area contributed by atoms with Crippen LogP contribution in [0.4, 0.5) is 22.4 Å². The number of benzene rings is 1. The van der Waals surface area contributed by atoms with Crippen molar-refractivity contribution in [2.75, 3.05) is 27.2 Å². The van der Waals surface area contributed by atoms with Gasteiger partial charge < -0.3 is 19.1 Å². The third kappa shape index (κ3) is 6.57. The molecule has 2 heterocycles. The molecule has 1 aromatic heterocycles. The Morgan fingerprint density at radius 3 is 2.25 bits per heavy atom. The topological polar surface area (TPSA) is 50.6 Å². The van der Waals surface area contributed by atoms with Crippen molar-refractivity contribution in [2.45, 2.75) is 77.2 Å². The second-order valence-corrected chi connectivity index (χ2v) is 11.3. The summed E-state index contributed by atoms with van der Waals surface area (Å²) in [5, 5.41) is 0. The predicted molar refractivity (Wildman–Crippen MR) is 130 cm³/mol. The number of rotatable bonds is 5. The minimum absolute atomic E-state index is 0.0120. The van der Waals surface area contributed by atoms with Crippen LogP contribution in [-0.2, 0) is 17.5 Å². The zero-order valence-corrected chi connectivity index (χ0v) is 22.0. The van der Waals surface area contributed by atoms with E-state index in [2.05, 4.69) is 18.7 Å². The molecule has 6 nitrogen and oxygen atoms in total. The molecule has 1 fully saturated rings. The number of likely N-dealkylation sites (N-methyl/N-ethyl adjacent to an activating group) is 1. The Kier molecular flexibility index (Phi) is 7.79. The molecule has 200 valence electrons. The lowest BCUT2D eigenvalue weighted by atomic mass is 9.95. The summed E-state index contributed by atoms with van der Waals surface area (Å²) in [5.74, 6) is -0.547. The number of alkyl halides is 3. The van der Waals surface area contributed by atoms with E-state index in [9.17, 15) is 22.4 Å². The van der Waals surface area contributed by atoms with Gasteiger partial charge in [0.2, 0.25) is 0 Å². The van der Waals surface area contributed by atoms with Gasteiger partial charge in [0.15, 0.2) is 0 Å². The number of likely N-dealkylation sites (tertiary alicyclic amines) is 1. The monoisotopic (exact) mass is 512 g/mol. The average Bonchev–Trinajstić information content (AvgIpc) is 3.15. The molecule has 3 rings (SSSR count). The van der Waals surface area contributed by atoms with E-state index in [1.807, 2.05) is 39.4 Å². The van der Waals surface area contributed by atoms with E-state index >= 15 is 0 Å². The van der Waals surface area contributed by atoms with Crippen molar-refractivity contribution in [1.82, 2.24) is 19.4 Å². The summed E-state index contributed by atoms with van der Waals surface area (Å²) in [4.78, 5) is 21.0. The van der Waals surface area contributed by atoms with Crippen LogP contribution in [0.2, 0.25) is 0 Å². The van der Waals surface area contributed by atoms with Gasteiger partial charge in [-0.3, -0.25) is 0 Å². The molecule has 10 heteroatoms. The van der Waals surface area contributed by atoms with Crippen molar-refractivity contribution in [3.05, 3.63) is 41.6 Å². The summed E-state index contributed by atoms with van der Waals surface area (Å²) in [6.07, 6.45) is -2.11. The number of nitrogens with zero attached hydrogens (tertiary/aromatic N) is 4. The summed E-state index contributed by atoms with van der Waals surface area (Å²) in [6, 6.07) is 2.97. The predicted octanol–water partition coefficient (Wildman–Crippen LogP) is 6.16. The van der Waals surface area contributed by atoms with Crippen LogP contribution < -0.4 is 0 Å².